The van der Waals surface area contributed by atoms with Gasteiger partial charge in [-0.2, -0.15) is 0 Å². The van der Waals surface area contributed by atoms with Gasteiger partial charge in [0.2, 0.25) is 0 Å². The van der Waals surface area contributed by atoms with E-state index in [1.807, 2.05) is 0 Å². The van der Waals surface area contributed by atoms with Gasteiger partial charge in [-0.3, -0.25) is 0 Å². The van der Waals surface area contributed by atoms with Gasteiger partial charge in [0.15, 0.2) is 0 Å². The summed E-state index contributed by atoms with van der Waals surface area (Å²) in [5.41, 5.74) is 0. The molecule has 0 radical (unpaired) electrons. The van der Waals surface area contributed by atoms with Crippen LogP contribution in [0.4, 0.5) is 0 Å². The highest BCUT2D eigenvalue weighted by molar-refractivity contribution is 6.24. The zero-order valence-electron chi connectivity index (χ0n) is 5.72. The third kappa shape index (κ3) is 1.77. The summed E-state index contributed by atoms with van der Waals surface area (Å²) in [4.78, 5) is 0. The van der Waals surface area contributed by atoms with Crippen molar-refractivity contribution in [2.75, 3.05) is 6.61 Å². The predicted molar refractivity (Wildman–Crippen MR) is 41.5 cm³/mol. The first-order chi connectivity index (χ1) is 4.75. The maximum atomic E-state index is 10.5. The minimum Gasteiger partial charge on any atom is -0.854 e. The highest BCUT2D eigenvalue weighted by Gasteiger charge is 2.27. The van der Waals surface area contributed by atoms with Crippen LogP contribution in [0.15, 0.2) is 0 Å². The third-order valence-corrected chi connectivity index (χ3v) is 3.17. The van der Waals surface area contributed by atoms with E-state index in [0.717, 1.165) is 19.3 Å². The maximum absolute atomic E-state index is 10.5. The van der Waals surface area contributed by atoms with Gasteiger partial charge in [0.1, 0.15) is 0 Å². The fraction of sp³-hybridized carbons (Fsp3) is 1.00. The van der Waals surface area contributed by atoms with Gasteiger partial charge in [0.05, 0.1) is 0 Å². The SMILES string of the molecule is [O-]CC1C(Cl)CCCC1Cl. The smallest absolute Gasteiger partial charge is 0.0365 e. The Hall–Kier alpha value is 0.540. The molecule has 1 aliphatic rings. The monoisotopic (exact) mass is 181 g/mol. The van der Waals surface area contributed by atoms with Gasteiger partial charge in [0.25, 0.3) is 0 Å². The Morgan fingerprint density at radius 2 is 1.70 bits per heavy atom. The molecule has 0 amide bonds. The van der Waals surface area contributed by atoms with E-state index >= 15 is 0 Å². The van der Waals surface area contributed by atoms with Crippen molar-refractivity contribution in [3.8, 4) is 0 Å². The Balaban J connectivity index is 2.45. The second-order valence-corrected chi connectivity index (χ2v) is 3.91. The van der Waals surface area contributed by atoms with Crippen LogP contribution in [-0.4, -0.2) is 17.4 Å². The van der Waals surface area contributed by atoms with E-state index in [0.29, 0.717) is 0 Å². The van der Waals surface area contributed by atoms with Gasteiger partial charge in [-0.25, -0.2) is 0 Å². The number of halogens is 2. The topological polar surface area (TPSA) is 23.1 Å². The van der Waals surface area contributed by atoms with Gasteiger partial charge in [-0.05, 0) is 18.8 Å². The molecule has 60 valence electrons. The van der Waals surface area contributed by atoms with E-state index in [1.165, 1.54) is 0 Å². The van der Waals surface area contributed by atoms with Crippen molar-refractivity contribution in [2.24, 2.45) is 5.92 Å². The molecule has 0 bridgehead atoms. The molecule has 10 heavy (non-hydrogen) atoms. The molecule has 0 aliphatic heterocycles. The van der Waals surface area contributed by atoms with Crippen LogP contribution in [0.25, 0.3) is 0 Å². The Morgan fingerprint density at radius 1 is 1.20 bits per heavy atom. The molecule has 0 spiro atoms. The molecular weight excluding hydrogens is 171 g/mol. The quantitative estimate of drug-likeness (QED) is 0.561. The molecule has 1 rings (SSSR count). The van der Waals surface area contributed by atoms with E-state index in [2.05, 4.69) is 0 Å². The van der Waals surface area contributed by atoms with Crippen molar-refractivity contribution in [2.45, 2.75) is 30.0 Å². The van der Waals surface area contributed by atoms with Gasteiger partial charge >= 0.3 is 0 Å². The Kier molecular flexibility index (Phi) is 3.28. The van der Waals surface area contributed by atoms with Crippen molar-refractivity contribution >= 4 is 23.2 Å². The van der Waals surface area contributed by atoms with Crippen molar-refractivity contribution in [3.05, 3.63) is 0 Å². The van der Waals surface area contributed by atoms with Crippen LogP contribution in [0.1, 0.15) is 19.3 Å². The lowest BCUT2D eigenvalue weighted by molar-refractivity contribution is -0.379. The van der Waals surface area contributed by atoms with Crippen molar-refractivity contribution in [1.82, 2.24) is 0 Å². The molecule has 0 saturated heterocycles. The number of hydrogen-bond donors (Lipinski definition) is 0. The fourth-order valence-corrected chi connectivity index (χ4v) is 2.25. The van der Waals surface area contributed by atoms with Crippen LogP contribution in [0, 0.1) is 5.92 Å². The van der Waals surface area contributed by atoms with Crippen LogP contribution in [0.5, 0.6) is 0 Å². The summed E-state index contributed by atoms with van der Waals surface area (Å²) in [5.74, 6) is -0.00270. The third-order valence-electron chi connectivity index (χ3n) is 2.08. The predicted octanol–water partition coefficient (Wildman–Crippen LogP) is 1.36. The molecule has 1 fully saturated rings. The normalized spacial score (nSPS) is 41.7. The standard InChI is InChI=1S/C7H11Cl2O/c8-6-2-1-3-7(9)5(6)4-10/h5-7H,1-4H2/q-1. The molecule has 1 nitrogen and oxygen atoms in total. The summed E-state index contributed by atoms with van der Waals surface area (Å²) >= 11 is 11.8. The average Bonchev–Trinajstić information content (AvgIpc) is 1.88. The summed E-state index contributed by atoms with van der Waals surface area (Å²) in [6.45, 7) is -0.123. The van der Waals surface area contributed by atoms with Gasteiger partial charge in [-0.1, -0.05) is 6.42 Å². The molecule has 0 aromatic heterocycles. The summed E-state index contributed by atoms with van der Waals surface area (Å²) in [5, 5.41) is 10.6. The van der Waals surface area contributed by atoms with E-state index in [-0.39, 0.29) is 23.3 Å². The first kappa shape index (κ1) is 8.63. The Morgan fingerprint density at radius 3 is 2.00 bits per heavy atom. The largest absolute Gasteiger partial charge is 0.854 e. The van der Waals surface area contributed by atoms with Crippen LogP contribution >= 0.6 is 23.2 Å². The average molecular weight is 182 g/mol. The number of alkyl halides is 2. The van der Waals surface area contributed by atoms with E-state index in [1.54, 1.807) is 0 Å². The Bertz CT molecular complexity index is 97.8. The molecule has 2 unspecified atom stereocenters. The summed E-state index contributed by atoms with van der Waals surface area (Å²) in [6.07, 6.45) is 2.98. The summed E-state index contributed by atoms with van der Waals surface area (Å²) < 4.78 is 0. The molecular formula is C7H11Cl2O-. The second kappa shape index (κ2) is 3.80. The molecule has 0 aromatic rings. The van der Waals surface area contributed by atoms with Gasteiger partial charge < -0.3 is 5.11 Å². The first-order valence-corrected chi connectivity index (χ1v) is 4.49. The molecule has 1 aliphatic carbocycles. The van der Waals surface area contributed by atoms with Crippen LogP contribution in [-0.2, 0) is 0 Å². The van der Waals surface area contributed by atoms with Crippen LogP contribution in [0.3, 0.4) is 0 Å². The molecule has 0 aromatic carbocycles. The fourth-order valence-electron chi connectivity index (χ4n) is 1.37. The van der Waals surface area contributed by atoms with E-state index in [9.17, 15) is 5.11 Å². The van der Waals surface area contributed by atoms with Crippen molar-refractivity contribution in [3.63, 3.8) is 0 Å². The van der Waals surface area contributed by atoms with Crippen LogP contribution < -0.4 is 5.11 Å². The minimum absolute atomic E-state index is 0.00270. The zero-order chi connectivity index (χ0) is 7.56. The van der Waals surface area contributed by atoms with E-state index in [4.69, 9.17) is 23.2 Å². The second-order valence-electron chi connectivity index (χ2n) is 2.79. The summed E-state index contributed by atoms with van der Waals surface area (Å²) in [7, 11) is 0. The van der Waals surface area contributed by atoms with Crippen molar-refractivity contribution in [1.29, 1.82) is 0 Å². The Labute approximate surface area is 71.3 Å². The van der Waals surface area contributed by atoms with E-state index < -0.39 is 0 Å². The molecule has 2 atom stereocenters. The molecule has 3 heteroatoms. The minimum atomic E-state index is -0.123. The zero-order valence-corrected chi connectivity index (χ0v) is 7.24. The van der Waals surface area contributed by atoms with Crippen LogP contribution in [0.2, 0.25) is 0 Å². The first-order valence-electron chi connectivity index (χ1n) is 3.62. The van der Waals surface area contributed by atoms with Gasteiger partial charge in [-0.15, -0.1) is 29.8 Å². The number of hydrogen-bond acceptors (Lipinski definition) is 1. The highest BCUT2D eigenvalue weighted by Crippen LogP contribution is 2.31. The lowest BCUT2D eigenvalue weighted by Crippen LogP contribution is -2.36. The lowest BCUT2D eigenvalue weighted by atomic mass is 9.89. The maximum Gasteiger partial charge on any atom is 0.0365 e. The summed E-state index contributed by atoms with van der Waals surface area (Å²) in [6, 6.07) is 0. The molecule has 0 N–H and O–H groups in total. The lowest BCUT2D eigenvalue weighted by Gasteiger charge is -2.33. The van der Waals surface area contributed by atoms with Crippen molar-refractivity contribution < 1.29 is 5.11 Å². The molecule has 1 saturated carbocycles. The van der Waals surface area contributed by atoms with Gasteiger partial charge in [0, 0.05) is 10.8 Å². The highest BCUT2D eigenvalue weighted by atomic mass is 35.5. The molecule has 0 heterocycles. The number of rotatable bonds is 1.